The number of nitro benzene ring substituents is 1. The molecular weight excluding hydrogens is 256 g/mol. The molecule has 0 spiro atoms. The first kappa shape index (κ1) is 14.7. The third kappa shape index (κ3) is 3.32. The number of nitro groups is 1. The van der Waals surface area contributed by atoms with Crippen LogP contribution in [0.5, 0.6) is 11.5 Å². The standard InChI is InChI=1S/C11H14N2O6/c1-18-10-5-8(13(16)17)6(4-9(10)14)3-7(12)11(15)19-2/h4-5,7,14H,3,12H2,1-2H3. The summed E-state index contributed by atoms with van der Waals surface area (Å²) in [5.41, 5.74) is 5.38. The molecule has 1 unspecified atom stereocenters. The van der Waals surface area contributed by atoms with Crippen LogP contribution in [0.4, 0.5) is 5.69 Å². The largest absolute Gasteiger partial charge is 0.504 e. The van der Waals surface area contributed by atoms with Crippen LogP contribution in [0.2, 0.25) is 0 Å². The molecule has 0 aliphatic carbocycles. The SMILES string of the molecule is COC(=O)C(N)Cc1cc(O)c(OC)cc1[N+](=O)[O-]. The normalized spacial score (nSPS) is 11.7. The van der Waals surface area contributed by atoms with Gasteiger partial charge in [0.2, 0.25) is 0 Å². The molecule has 19 heavy (non-hydrogen) atoms. The zero-order chi connectivity index (χ0) is 14.6. The maximum atomic E-state index is 11.2. The highest BCUT2D eigenvalue weighted by Gasteiger charge is 2.23. The molecule has 0 aromatic heterocycles. The lowest BCUT2D eigenvalue weighted by Gasteiger charge is -2.11. The minimum atomic E-state index is -1.04. The van der Waals surface area contributed by atoms with Crippen LogP contribution in [0.3, 0.4) is 0 Å². The highest BCUT2D eigenvalue weighted by molar-refractivity contribution is 5.76. The number of esters is 1. The van der Waals surface area contributed by atoms with Gasteiger partial charge in [-0.25, -0.2) is 0 Å². The fourth-order valence-electron chi connectivity index (χ4n) is 1.57. The van der Waals surface area contributed by atoms with Crippen LogP contribution in [0.15, 0.2) is 12.1 Å². The summed E-state index contributed by atoms with van der Waals surface area (Å²) in [7, 11) is 2.45. The maximum absolute atomic E-state index is 11.2. The number of nitrogens with zero attached hydrogens (tertiary/aromatic N) is 1. The number of aromatic hydroxyl groups is 1. The van der Waals surface area contributed by atoms with E-state index in [1.54, 1.807) is 0 Å². The molecule has 0 fully saturated rings. The van der Waals surface area contributed by atoms with Crippen LogP contribution in [0.25, 0.3) is 0 Å². The lowest BCUT2D eigenvalue weighted by Crippen LogP contribution is -2.33. The van der Waals surface area contributed by atoms with E-state index < -0.39 is 16.9 Å². The number of ether oxygens (including phenoxy) is 2. The number of rotatable bonds is 5. The third-order valence-corrected chi connectivity index (χ3v) is 2.52. The molecule has 0 saturated carbocycles. The average Bonchev–Trinajstić information content (AvgIpc) is 2.37. The molecule has 0 amide bonds. The summed E-state index contributed by atoms with van der Waals surface area (Å²) in [6, 6.07) is 1.19. The Balaban J connectivity index is 3.15. The van der Waals surface area contributed by atoms with Crippen molar-refractivity contribution in [1.29, 1.82) is 0 Å². The zero-order valence-electron chi connectivity index (χ0n) is 10.5. The number of hydrogen-bond donors (Lipinski definition) is 2. The van der Waals surface area contributed by atoms with Gasteiger partial charge in [-0.3, -0.25) is 14.9 Å². The molecule has 1 atom stereocenters. The van der Waals surface area contributed by atoms with Crippen LogP contribution in [0.1, 0.15) is 5.56 Å². The van der Waals surface area contributed by atoms with Gasteiger partial charge in [0.15, 0.2) is 11.5 Å². The number of phenols is 1. The lowest BCUT2D eigenvalue weighted by atomic mass is 10.0. The lowest BCUT2D eigenvalue weighted by molar-refractivity contribution is -0.385. The van der Waals surface area contributed by atoms with Gasteiger partial charge < -0.3 is 20.3 Å². The molecule has 1 aromatic carbocycles. The Morgan fingerprint density at radius 2 is 2.16 bits per heavy atom. The molecular formula is C11H14N2O6. The van der Waals surface area contributed by atoms with Crippen molar-refractivity contribution >= 4 is 11.7 Å². The summed E-state index contributed by atoms with van der Waals surface area (Å²) < 4.78 is 9.23. The van der Waals surface area contributed by atoms with E-state index in [9.17, 15) is 20.0 Å². The number of carbonyl (C=O) groups is 1. The molecule has 104 valence electrons. The maximum Gasteiger partial charge on any atom is 0.322 e. The van der Waals surface area contributed by atoms with Crippen molar-refractivity contribution in [2.45, 2.75) is 12.5 Å². The first-order valence-electron chi connectivity index (χ1n) is 5.28. The van der Waals surface area contributed by atoms with E-state index in [2.05, 4.69) is 4.74 Å². The van der Waals surface area contributed by atoms with Crippen molar-refractivity contribution in [1.82, 2.24) is 0 Å². The fraction of sp³-hybridized carbons (Fsp3) is 0.364. The molecule has 1 rings (SSSR count). The van der Waals surface area contributed by atoms with Gasteiger partial charge in [-0.1, -0.05) is 0 Å². The molecule has 0 aliphatic rings. The number of methoxy groups -OCH3 is 2. The first-order chi connectivity index (χ1) is 8.90. The third-order valence-electron chi connectivity index (χ3n) is 2.52. The minimum absolute atomic E-state index is 0.0258. The van der Waals surface area contributed by atoms with E-state index in [1.165, 1.54) is 14.2 Å². The Morgan fingerprint density at radius 3 is 2.63 bits per heavy atom. The molecule has 0 heterocycles. The number of benzene rings is 1. The van der Waals surface area contributed by atoms with E-state index in [-0.39, 0.29) is 29.2 Å². The Bertz CT molecular complexity index is 502. The first-order valence-corrected chi connectivity index (χ1v) is 5.28. The van der Waals surface area contributed by atoms with Gasteiger partial charge in [-0.15, -0.1) is 0 Å². The predicted octanol–water partition coefficient (Wildman–Crippen LogP) is 0.352. The van der Waals surface area contributed by atoms with E-state index in [1.807, 2.05) is 0 Å². The molecule has 8 heteroatoms. The quantitative estimate of drug-likeness (QED) is 0.449. The summed E-state index contributed by atoms with van der Waals surface area (Å²) in [6.45, 7) is 0. The van der Waals surface area contributed by atoms with Crippen molar-refractivity contribution in [3.8, 4) is 11.5 Å². The van der Waals surface area contributed by atoms with Crippen molar-refractivity contribution in [2.24, 2.45) is 5.73 Å². The molecule has 1 aromatic rings. The van der Waals surface area contributed by atoms with Gasteiger partial charge >= 0.3 is 5.97 Å². The summed E-state index contributed by atoms with van der Waals surface area (Å²) >= 11 is 0. The molecule has 0 bridgehead atoms. The van der Waals surface area contributed by atoms with E-state index in [0.717, 1.165) is 12.1 Å². The number of phenolic OH excluding ortho intramolecular Hbond substituents is 1. The second-order valence-electron chi connectivity index (χ2n) is 3.74. The van der Waals surface area contributed by atoms with Crippen molar-refractivity contribution in [3.63, 3.8) is 0 Å². The number of carbonyl (C=O) groups excluding carboxylic acids is 1. The van der Waals surface area contributed by atoms with Gasteiger partial charge in [0.25, 0.3) is 5.69 Å². The second kappa shape index (κ2) is 6.01. The molecule has 8 nitrogen and oxygen atoms in total. The average molecular weight is 270 g/mol. The van der Waals surface area contributed by atoms with Crippen molar-refractivity contribution in [2.75, 3.05) is 14.2 Å². The van der Waals surface area contributed by atoms with E-state index in [4.69, 9.17) is 10.5 Å². The molecule has 3 N–H and O–H groups in total. The Morgan fingerprint density at radius 1 is 1.53 bits per heavy atom. The van der Waals surface area contributed by atoms with Crippen molar-refractivity contribution < 1.29 is 24.3 Å². The summed E-state index contributed by atoms with van der Waals surface area (Å²) in [4.78, 5) is 21.5. The summed E-state index contributed by atoms with van der Waals surface area (Å²) in [5, 5.41) is 20.5. The van der Waals surface area contributed by atoms with Gasteiger partial charge in [0, 0.05) is 12.0 Å². The second-order valence-corrected chi connectivity index (χ2v) is 3.74. The smallest absolute Gasteiger partial charge is 0.322 e. The topological polar surface area (TPSA) is 125 Å². The van der Waals surface area contributed by atoms with Gasteiger partial charge in [0.05, 0.1) is 25.2 Å². The van der Waals surface area contributed by atoms with Gasteiger partial charge in [-0.05, 0) is 6.07 Å². The number of nitrogens with two attached hydrogens (primary N) is 1. The fourth-order valence-corrected chi connectivity index (χ4v) is 1.57. The molecule has 0 aliphatic heterocycles. The summed E-state index contributed by atoms with van der Waals surface area (Å²) in [5.74, 6) is -0.980. The molecule has 0 saturated heterocycles. The Hall–Kier alpha value is -2.35. The highest BCUT2D eigenvalue weighted by atomic mass is 16.6. The zero-order valence-corrected chi connectivity index (χ0v) is 10.5. The molecule has 0 radical (unpaired) electrons. The van der Waals surface area contributed by atoms with Crippen molar-refractivity contribution in [3.05, 3.63) is 27.8 Å². The summed E-state index contributed by atoms with van der Waals surface area (Å²) in [6.07, 6.45) is -0.124. The monoisotopic (exact) mass is 270 g/mol. The van der Waals surface area contributed by atoms with Crippen LogP contribution in [0, 0.1) is 10.1 Å². The Labute approximate surface area is 108 Å². The number of hydrogen-bond acceptors (Lipinski definition) is 7. The van der Waals surface area contributed by atoms with Crippen LogP contribution in [-0.4, -0.2) is 36.3 Å². The highest BCUT2D eigenvalue weighted by Crippen LogP contribution is 2.34. The van der Waals surface area contributed by atoms with Gasteiger partial charge in [0.1, 0.15) is 6.04 Å². The predicted molar refractivity (Wildman–Crippen MR) is 65.0 cm³/mol. The van der Waals surface area contributed by atoms with Crippen LogP contribution in [-0.2, 0) is 16.0 Å². The minimum Gasteiger partial charge on any atom is -0.504 e. The van der Waals surface area contributed by atoms with Gasteiger partial charge in [-0.2, -0.15) is 0 Å². The van der Waals surface area contributed by atoms with E-state index >= 15 is 0 Å². The van der Waals surface area contributed by atoms with E-state index in [0.29, 0.717) is 0 Å². The van der Waals surface area contributed by atoms with Crippen LogP contribution >= 0.6 is 0 Å². The Kier molecular flexibility index (Phi) is 4.65. The van der Waals surface area contributed by atoms with Crippen LogP contribution < -0.4 is 10.5 Å².